The van der Waals surface area contributed by atoms with Gasteiger partial charge >= 0.3 is 0 Å². The van der Waals surface area contributed by atoms with Crippen LogP contribution in [-0.2, 0) is 4.74 Å². The number of carbonyl (C=O) groups excluding carboxylic acids is 1. The van der Waals surface area contributed by atoms with Gasteiger partial charge in [-0.1, -0.05) is 0 Å². The third kappa shape index (κ3) is 4.18. The Hall–Kier alpha value is -1.66. The number of pyridine rings is 1. The van der Waals surface area contributed by atoms with Crippen molar-refractivity contribution in [2.75, 3.05) is 58.8 Å². The van der Waals surface area contributed by atoms with Crippen LogP contribution in [0.5, 0.6) is 0 Å². The highest BCUT2D eigenvalue weighted by Gasteiger charge is 2.18. The van der Waals surface area contributed by atoms with Gasteiger partial charge in [-0.2, -0.15) is 0 Å². The van der Waals surface area contributed by atoms with Gasteiger partial charge in [0.05, 0.1) is 24.5 Å². The van der Waals surface area contributed by atoms with Crippen LogP contribution in [0.4, 0.5) is 5.69 Å². The third-order valence-electron chi connectivity index (χ3n) is 3.17. The number of nitrogens with zero attached hydrogens (tertiary/aromatic N) is 3. The molecule has 1 fully saturated rings. The predicted octanol–water partition coefficient (Wildman–Crippen LogP) is 0.528. The predicted molar refractivity (Wildman–Crippen MR) is 78.0 cm³/mol. The van der Waals surface area contributed by atoms with E-state index >= 15 is 0 Å². The summed E-state index contributed by atoms with van der Waals surface area (Å²) in [6.45, 7) is 4.28. The number of morpholine rings is 1. The smallest absolute Gasteiger partial charge is 0.255 e. The molecule has 6 nitrogen and oxygen atoms in total. The first kappa shape index (κ1) is 14.7. The van der Waals surface area contributed by atoms with Gasteiger partial charge in [-0.15, -0.1) is 0 Å². The number of nitrogens with one attached hydrogen (secondary N) is 1. The van der Waals surface area contributed by atoms with Crippen LogP contribution >= 0.6 is 0 Å². The summed E-state index contributed by atoms with van der Waals surface area (Å²) < 4.78 is 5.26. The second-order valence-corrected chi connectivity index (χ2v) is 5.10. The molecule has 2 rings (SSSR count). The molecule has 1 saturated heterocycles. The molecule has 20 heavy (non-hydrogen) atoms. The van der Waals surface area contributed by atoms with E-state index in [0.29, 0.717) is 31.9 Å². The second-order valence-electron chi connectivity index (χ2n) is 5.10. The minimum Gasteiger partial charge on any atom is -0.382 e. The quantitative estimate of drug-likeness (QED) is 0.851. The van der Waals surface area contributed by atoms with Crippen LogP contribution in [0.25, 0.3) is 0 Å². The number of hydrogen-bond acceptors (Lipinski definition) is 5. The second kappa shape index (κ2) is 7.21. The lowest BCUT2D eigenvalue weighted by Crippen LogP contribution is -2.40. The van der Waals surface area contributed by atoms with E-state index in [4.69, 9.17) is 4.74 Å². The Morgan fingerprint density at radius 3 is 2.85 bits per heavy atom. The van der Waals surface area contributed by atoms with Gasteiger partial charge in [0.25, 0.3) is 5.91 Å². The van der Waals surface area contributed by atoms with Crippen LogP contribution in [0.2, 0.25) is 0 Å². The first-order chi connectivity index (χ1) is 9.66. The molecule has 2 heterocycles. The molecule has 0 atom stereocenters. The molecule has 0 bridgehead atoms. The van der Waals surface area contributed by atoms with Crippen LogP contribution in [-0.4, -0.2) is 74.2 Å². The van der Waals surface area contributed by atoms with E-state index in [1.165, 1.54) is 0 Å². The van der Waals surface area contributed by atoms with Crippen molar-refractivity contribution in [3.8, 4) is 0 Å². The molecule has 0 spiro atoms. The fraction of sp³-hybridized carbons (Fsp3) is 0.571. The van der Waals surface area contributed by atoms with Gasteiger partial charge in [0, 0.05) is 38.6 Å². The van der Waals surface area contributed by atoms with Gasteiger partial charge in [-0.05, 0) is 20.2 Å². The van der Waals surface area contributed by atoms with E-state index in [9.17, 15) is 4.79 Å². The maximum absolute atomic E-state index is 12.3. The average Bonchev–Trinajstić information content (AvgIpc) is 2.47. The largest absolute Gasteiger partial charge is 0.382 e. The third-order valence-corrected chi connectivity index (χ3v) is 3.17. The molecule has 0 unspecified atom stereocenters. The monoisotopic (exact) mass is 278 g/mol. The number of rotatable bonds is 5. The molecule has 1 aliphatic rings. The molecular weight excluding hydrogens is 256 g/mol. The van der Waals surface area contributed by atoms with E-state index in [0.717, 1.165) is 18.8 Å². The Labute approximate surface area is 119 Å². The first-order valence-electron chi connectivity index (χ1n) is 6.87. The van der Waals surface area contributed by atoms with E-state index in [1.54, 1.807) is 12.4 Å². The molecule has 1 N–H and O–H groups in total. The maximum atomic E-state index is 12.3. The summed E-state index contributed by atoms with van der Waals surface area (Å²) in [5, 5.41) is 3.27. The Balaban J connectivity index is 1.95. The van der Waals surface area contributed by atoms with Crippen LogP contribution < -0.4 is 5.32 Å². The summed E-state index contributed by atoms with van der Waals surface area (Å²) in [4.78, 5) is 20.4. The van der Waals surface area contributed by atoms with Crippen molar-refractivity contribution in [2.45, 2.75) is 0 Å². The Kier molecular flexibility index (Phi) is 5.31. The van der Waals surface area contributed by atoms with Crippen molar-refractivity contribution in [2.24, 2.45) is 0 Å². The number of amides is 1. The summed E-state index contributed by atoms with van der Waals surface area (Å²) in [5.41, 5.74) is 1.51. The standard InChI is InChI=1S/C14H22N4O2/c1-17(2)4-3-16-13-9-12(10-15-11-13)14(19)18-5-7-20-8-6-18/h9-11,16H,3-8H2,1-2H3. The van der Waals surface area contributed by atoms with Crippen molar-refractivity contribution >= 4 is 11.6 Å². The molecule has 6 heteroatoms. The zero-order valence-electron chi connectivity index (χ0n) is 12.1. The summed E-state index contributed by atoms with van der Waals surface area (Å²) in [7, 11) is 4.05. The van der Waals surface area contributed by atoms with Crippen molar-refractivity contribution in [3.63, 3.8) is 0 Å². The minimum atomic E-state index is 0.0251. The molecule has 0 aliphatic carbocycles. The lowest BCUT2D eigenvalue weighted by Gasteiger charge is -2.26. The number of carbonyl (C=O) groups is 1. The van der Waals surface area contributed by atoms with E-state index in [-0.39, 0.29) is 5.91 Å². The molecule has 0 radical (unpaired) electrons. The topological polar surface area (TPSA) is 57.7 Å². The Bertz CT molecular complexity index is 445. The summed E-state index contributed by atoms with van der Waals surface area (Å²) >= 11 is 0. The summed E-state index contributed by atoms with van der Waals surface area (Å²) in [5.74, 6) is 0.0251. The van der Waals surface area contributed by atoms with Gasteiger partial charge in [0.2, 0.25) is 0 Å². The van der Waals surface area contributed by atoms with E-state index < -0.39 is 0 Å². The molecule has 0 saturated carbocycles. The number of aromatic nitrogens is 1. The molecule has 1 amide bonds. The van der Waals surface area contributed by atoms with Gasteiger partial charge in [-0.3, -0.25) is 9.78 Å². The molecule has 1 aromatic rings. The SMILES string of the molecule is CN(C)CCNc1cncc(C(=O)N2CCOCC2)c1. The fourth-order valence-corrected chi connectivity index (χ4v) is 2.03. The highest BCUT2D eigenvalue weighted by molar-refractivity contribution is 5.94. The Morgan fingerprint density at radius 2 is 2.15 bits per heavy atom. The zero-order chi connectivity index (χ0) is 14.4. The van der Waals surface area contributed by atoms with Gasteiger partial charge < -0.3 is 19.9 Å². The molecular formula is C14H22N4O2. The number of hydrogen-bond donors (Lipinski definition) is 1. The lowest BCUT2D eigenvalue weighted by molar-refractivity contribution is 0.0302. The number of anilines is 1. The van der Waals surface area contributed by atoms with Gasteiger partial charge in [-0.25, -0.2) is 0 Å². The van der Waals surface area contributed by atoms with Gasteiger partial charge in [0.15, 0.2) is 0 Å². The molecule has 110 valence electrons. The number of ether oxygens (including phenoxy) is 1. The summed E-state index contributed by atoms with van der Waals surface area (Å²) in [6.07, 6.45) is 3.36. The van der Waals surface area contributed by atoms with E-state index in [2.05, 4.69) is 15.2 Å². The highest BCUT2D eigenvalue weighted by atomic mass is 16.5. The van der Waals surface area contributed by atoms with Crippen LogP contribution in [0.15, 0.2) is 18.5 Å². The van der Waals surface area contributed by atoms with Crippen LogP contribution in [0, 0.1) is 0 Å². The van der Waals surface area contributed by atoms with E-state index in [1.807, 2.05) is 25.1 Å². The maximum Gasteiger partial charge on any atom is 0.255 e. The summed E-state index contributed by atoms with van der Waals surface area (Å²) in [6, 6.07) is 1.86. The molecule has 1 aliphatic heterocycles. The van der Waals surface area contributed by atoms with Crippen molar-refractivity contribution in [1.82, 2.24) is 14.8 Å². The Morgan fingerprint density at radius 1 is 1.40 bits per heavy atom. The fourth-order valence-electron chi connectivity index (χ4n) is 2.03. The normalized spacial score (nSPS) is 15.4. The van der Waals surface area contributed by atoms with Crippen LogP contribution in [0.1, 0.15) is 10.4 Å². The average molecular weight is 278 g/mol. The minimum absolute atomic E-state index is 0.0251. The molecule has 1 aromatic heterocycles. The van der Waals surface area contributed by atoms with Gasteiger partial charge in [0.1, 0.15) is 0 Å². The van der Waals surface area contributed by atoms with Crippen molar-refractivity contribution in [3.05, 3.63) is 24.0 Å². The first-order valence-corrected chi connectivity index (χ1v) is 6.87. The highest BCUT2D eigenvalue weighted by Crippen LogP contribution is 2.11. The van der Waals surface area contributed by atoms with Crippen molar-refractivity contribution < 1.29 is 9.53 Å². The van der Waals surface area contributed by atoms with Crippen LogP contribution in [0.3, 0.4) is 0 Å². The molecule has 0 aromatic carbocycles. The van der Waals surface area contributed by atoms with Crippen molar-refractivity contribution in [1.29, 1.82) is 0 Å². The zero-order valence-corrected chi connectivity index (χ0v) is 12.1. The number of likely N-dealkylation sites (N-methyl/N-ethyl adjacent to an activating group) is 1. The lowest BCUT2D eigenvalue weighted by atomic mass is 10.2.